The largest absolute Gasteiger partial charge is 0.326 e. The summed E-state index contributed by atoms with van der Waals surface area (Å²) in [7, 11) is -1.80. The molecule has 0 bridgehead atoms. The highest BCUT2D eigenvalue weighted by atomic mass is 32.2. The van der Waals surface area contributed by atoms with Gasteiger partial charge in [0.05, 0.1) is 4.90 Å². The molecule has 4 nitrogen and oxygen atoms in total. The van der Waals surface area contributed by atoms with Crippen LogP contribution in [0.15, 0.2) is 23.1 Å². The summed E-state index contributed by atoms with van der Waals surface area (Å²) in [5, 5.41) is 0. The number of nitrogens with zero attached hydrogens (tertiary/aromatic N) is 1. The molecular formula is C14H24N2O2S. The summed E-state index contributed by atoms with van der Waals surface area (Å²) >= 11 is 0. The molecule has 1 aromatic carbocycles. The summed E-state index contributed by atoms with van der Waals surface area (Å²) in [6, 6.07) is 5.35. The monoisotopic (exact) mass is 284 g/mol. The van der Waals surface area contributed by atoms with Crippen molar-refractivity contribution in [1.82, 2.24) is 4.31 Å². The molecule has 0 aliphatic carbocycles. The van der Waals surface area contributed by atoms with Crippen LogP contribution in [0.5, 0.6) is 0 Å². The van der Waals surface area contributed by atoms with Crippen LogP contribution in [-0.2, 0) is 16.6 Å². The molecule has 1 rings (SSSR count). The Kier molecular flexibility index (Phi) is 5.52. The van der Waals surface area contributed by atoms with Gasteiger partial charge in [-0.2, -0.15) is 4.31 Å². The molecule has 0 heterocycles. The van der Waals surface area contributed by atoms with Gasteiger partial charge >= 0.3 is 0 Å². The lowest BCUT2D eigenvalue weighted by atomic mass is 10.1. The van der Waals surface area contributed by atoms with Crippen LogP contribution in [0.25, 0.3) is 0 Å². The van der Waals surface area contributed by atoms with E-state index in [1.165, 1.54) is 4.31 Å². The van der Waals surface area contributed by atoms with Gasteiger partial charge in [-0.15, -0.1) is 0 Å². The molecular weight excluding hydrogens is 260 g/mol. The Morgan fingerprint density at radius 3 is 2.53 bits per heavy atom. The van der Waals surface area contributed by atoms with Crippen molar-refractivity contribution in [3.05, 3.63) is 29.3 Å². The molecule has 1 unspecified atom stereocenters. The van der Waals surface area contributed by atoms with Gasteiger partial charge in [0.1, 0.15) is 0 Å². The van der Waals surface area contributed by atoms with Gasteiger partial charge in [-0.25, -0.2) is 8.42 Å². The summed E-state index contributed by atoms with van der Waals surface area (Å²) in [5.74, 6) is 0. The van der Waals surface area contributed by atoms with E-state index < -0.39 is 10.0 Å². The average molecular weight is 284 g/mol. The normalized spacial score (nSPS) is 13.8. The molecule has 0 fully saturated rings. The van der Waals surface area contributed by atoms with Crippen molar-refractivity contribution in [3.8, 4) is 0 Å². The van der Waals surface area contributed by atoms with Gasteiger partial charge in [0.25, 0.3) is 0 Å². The van der Waals surface area contributed by atoms with E-state index in [9.17, 15) is 8.42 Å². The van der Waals surface area contributed by atoms with E-state index in [4.69, 9.17) is 5.73 Å². The Bertz CT molecular complexity index is 526. The molecule has 0 aromatic heterocycles. The Morgan fingerprint density at radius 2 is 2.00 bits per heavy atom. The molecule has 0 spiro atoms. The number of sulfonamides is 1. The van der Waals surface area contributed by atoms with Crippen LogP contribution in [0.4, 0.5) is 0 Å². The lowest BCUT2D eigenvalue weighted by Crippen LogP contribution is -2.35. The standard InChI is InChI=1S/C14H24N2O2S/c1-5-6-12(3)16(4)19(17,18)14-9-13(10-15)8-7-11(14)2/h7-9,12H,5-6,10,15H2,1-4H3. The fourth-order valence-electron chi connectivity index (χ4n) is 2.04. The smallest absolute Gasteiger partial charge is 0.243 e. The van der Waals surface area contributed by atoms with E-state index in [0.29, 0.717) is 11.4 Å². The number of rotatable bonds is 6. The molecule has 0 saturated carbocycles. The summed E-state index contributed by atoms with van der Waals surface area (Å²) in [6.07, 6.45) is 1.81. The summed E-state index contributed by atoms with van der Waals surface area (Å²) in [4.78, 5) is 0.362. The fraction of sp³-hybridized carbons (Fsp3) is 0.571. The zero-order chi connectivity index (χ0) is 14.6. The second kappa shape index (κ2) is 6.50. The molecule has 19 heavy (non-hydrogen) atoms. The minimum atomic E-state index is -3.45. The SMILES string of the molecule is CCCC(C)N(C)S(=O)(=O)c1cc(CN)ccc1C. The van der Waals surface area contributed by atoms with Crippen LogP contribution in [0.3, 0.4) is 0 Å². The van der Waals surface area contributed by atoms with Crippen molar-refractivity contribution in [2.75, 3.05) is 7.05 Å². The van der Waals surface area contributed by atoms with Crippen LogP contribution in [0, 0.1) is 6.92 Å². The van der Waals surface area contributed by atoms with E-state index in [-0.39, 0.29) is 6.04 Å². The molecule has 5 heteroatoms. The van der Waals surface area contributed by atoms with E-state index >= 15 is 0 Å². The minimum absolute atomic E-state index is 0.00377. The molecule has 0 amide bonds. The number of nitrogens with two attached hydrogens (primary N) is 1. The second-order valence-electron chi connectivity index (χ2n) is 4.96. The van der Waals surface area contributed by atoms with Gasteiger partial charge in [-0.05, 0) is 37.5 Å². The quantitative estimate of drug-likeness (QED) is 0.871. The fourth-order valence-corrected chi connectivity index (χ4v) is 3.71. The first-order chi connectivity index (χ1) is 8.84. The Morgan fingerprint density at radius 1 is 1.37 bits per heavy atom. The maximum Gasteiger partial charge on any atom is 0.243 e. The van der Waals surface area contributed by atoms with Crippen molar-refractivity contribution in [2.24, 2.45) is 5.73 Å². The van der Waals surface area contributed by atoms with Gasteiger partial charge in [-0.3, -0.25) is 0 Å². The minimum Gasteiger partial charge on any atom is -0.326 e. The number of hydrogen-bond acceptors (Lipinski definition) is 3. The van der Waals surface area contributed by atoms with Crippen molar-refractivity contribution < 1.29 is 8.42 Å². The van der Waals surface area contributed by atoms with E-state index in [1.54, 1.807) is 13.1 Å². The van der Waals surface area contributed by atoms with Gasteiger partial charge in [-0.1, -0.05) is 25.5 Å². The molecule has 0 saturated heterocycles. The first kappa shape index (κ1) is 16.1. The zero-order valence-electron chi connectivity index (χ0n) is 12.2. The van der Waals surface area contributed by atoms with Crippen LogP contribution < -0.4 is 5.73 Å². The number of hydrogen-bond donors (Lipinski definition) is 1. The average Bonchev–Trinajstić information content (AvgIpc) is 2.38. The van der Waals surface area contributed by atoms with Crippen LogP contribution in [-0.4, -0.2) is 25.8 Å². The Labute approximate surface area is 116 Å². The first-order valence-corrected chi connectivity index (χ1v) is 8.06. The molecule has 2 N–H and O–H groups in total. The maximum absolute atomic E-state index is 12.6. The van der Waals surface area contributed by atoms with Crippen LogP contribution in [0.1, 0.15) is 37.8 Å². The maximum atomic E-state index is 12.6. The third kappa shape index (κ3) is 3.55. The van der Waals surface area contributed by atoms with Gasteiger partial charge in [0.2, 0.25) is 10.0 Å². The third-order valence-corrected chi connectivity index (χ3v) is 5.59. The van der Waals surface area contributed by atoms with Gasteiger partial charge in [0, 0.05) is 19.6 Å². The first-order valence-electron chi connectivity index (χ1n) is 6.62. The van der Waals surface area contributed by atoms with E-state index in [0.717, 1.165) is 24.0 Å². The number of aryl methyl sites for hydroxylation is 1. The van der Waals surface area contributed by atoms with Crippen molar-refractivity contribution in [3.63, 3.8) is 0 Å². The molecule has 108 valence electrons. The van der Waals surface area contributed by atoms with Crippen molar-refractivity contribution in [2.45, 2.75) is 51.1 Å². The Balaban J connectivity index is 3.19. The van der Waals surface area contributed by atoms with Crippen LogP contribution in [0.2, 0.25) is 0 Å². The van der Waals surface area contributed by atoms with E-state index in [1.807, 2.05) is 26.0 Å². The summed E-state index contributed by atoms with van der Waals surface area (Å²) in [6.45, 7) is 6.14. The van der Waals surface area contributed by atoms with Gasteiger partial charge in [0.15, 0.2) is 0 Å². The molecule has 1 atom stereocenters. The van der Waals surface area contributed by atoms with Crippen LogP contribution >= 0.6 is 0 Å². The molecule has 1 aromatic rings. The van der Waals surface area contributed by atoms with Crippen molar-refractivity contribution >= 4 is 10.0 Å². The molecule has 0 aliphatic rings. The topological polar surface area (TPSA) is 63.4 Å². The predicted molar refractivity (Wildman–Crippen MR) is 78.4 cm³/mol. The van der Waals surface area contributed by atoms with Crippen molar-refractivity contribution in [1.29, 1.82) is 0 Å². The molecule has 0 aliphatic heterocycles. The lowest BCUT2D eigenvalue weighted by Gasteiger charge is -2.25. The highest BCUT2D eigenvalue weighted by Gasteiger charge is 2.26. The summed E-state index contributed by atoms with van der Waals surface area (Å²) < 4.78 is 26.7. The zero-order valence-corrected chi connectivity index (χ0v) is 13.0. The lowest BCUT2D eigenvalue weighted by molar-refractivity contribution is 0.368. The third-order valence-electron chi connectivity index (χ3n) is 3.47. The van der Waals surface area contributed by atoms with E-state index in [2.05, 4.69) is 6.92 Å². The highest BCUT2D eigenvalue weighted by molar-refractivity contribution is 7.89. The summed E-state index contributed by atoms with van der Waals surface area (Å²) in [5.41, 5.74) is 7.18. The predicted octanol–water partition coefficient (Wildman–Crippen LogP) is 2.26. The second-order valence-corrected chi connectivity index (χ2v) is 6.93. The van der Waals surface area contributed by atoms with Gasteiger partial charge < -0.3 is 5.73 Å². The highest BCUT2D eigenvalue weighted by Crippen LogP contribution is 2.23. The Hall–Kier alpha value is -0.910. The number of benzene rings is 1. The molecule has 0 radical (unpaired) electrons.